The monoisotopic (exact) mass is 417 g/mol. The second kappa shape index (κ2) is 7.66. The summed E-state index contributed by atoms with van der Waals surface area (Å²) in [6.07, 6.45) is 2.73. The molecule has 0 fully saturated rings. The number of hydrogen-bond acceptors (Lipinski definition) is 4. The number of amides is 1. The maximum absolute atomic E-state index is 12.5. The zero-order valence-corrected chi connectivity index (χ0v) is 16.7. The van der Waals surface area contributed by atoms with Gasteiger partial charge in [0.2, 0.25) is 15.9 Å². The van der Waals surface area contributed by atoms with Crippen molar-refractivity contribution in [3.05, 3.63) is 64.2 Å². The Labute approximate surface area is 169 Å². The van der Waals surface area contributed by atoms with Gasteiger partial charge in [0, 0.05) is 24.4 Å². The number of sulfonamides is 1. The first-order chi connectivity index (χ1) is 13.4. The van der Waals surface area contributed by atoms with Crippen LogP contribution in [0.4, 0.5) is 0 Å². The summed E-state index contributed by atoms with van der Waals surface area (Å²) in [4.78, 5) is 11.5. The number of nitrogens with zero attached hydrogens (tertiary/aromatic N) is 1. The molecular formula is C20H20ClN3O3S. The van der Waals surface area contributed by atoms with Crippen molar-refractivity contribution in [3.8, 4) is 0 Å². The third kappa shape index (κ3) is 4.11. The third-order valence-electron chi connectivity index (χ3n) is 5.15. The van der Waals surface area contributed by atoms with E-state index in [4.69, 9.17) is 11.6 Å². The van der Waals surface area contributed by atoms with Gasteiger partial charge in [0.1, 0.15) is 0 Å². The minimum absolute atomic E-state index is 0.0575. The number of nitrogens with one attached hydrogen (secondary N) is 2. The topological polar surface area (TPSA) is 87.6 Å². The number of benzene rings is 2. The van der Waals surface area contributed by atoms with Crippen molar-refractivity contribution in [3.63, 3.8) is 0 Å². The molecule has 1 unspecified atom stereocenters. The van der Waals surface area contributed by atoms with E-state index in [2.05, 4.69) is 27.4 Å². The predicted molar refractivity (Wildman–Crippen MR) is 108 cm³/mol. The van der Waals surface area contributed by atoms with Crippen molar-refractivity contribution in [1.29, 1.82) is 0 Å². The number of hydrogen-bond donors (Lipinski definition) is 2. The molecule has 4 rings (SSSR count). The fourth-order valence-corrected chi connectivity index (χ4v) is 4.88. The van der Waals surface area contributed by atoms with Gasteiger partial charge in [0.25, 0.3) is 0 Å². The second-order valence-corrected chi connectivity index (χ2v) is 9.36. The maximum Gasteiger partial charge on any atom is 0.240 e. The number of halogens is 1. The number of hydrazone groups is 1. The highest BCUT2D eigenvalue weighted by Gasteiger charge is 2.25. The molecule has 6 nitrogen and oxygen atoms in total. The molecule has 2 aromatic carbocycles. The van der Waals surface area contributed by atoms with Crippen molar-refractivity contribution in [2.24, 2.45) is 11.0 Å². The Balaban J connectivity index is 1.41. The molecule has 28 heavy (non-hydrogen) atoms. The SMILES string of the molecule is O=C1CCC(c2ccc3c(c2)CC(CNS(=O)(=O)c2ccc(Cl)cc2)C3)=NN1. The smallest absolute Gasteiger partial charge is 0.240 e. The van der Waals surface area contributed by atoms with Gasteiger partial charge in [-0.25, -0.2) is 18.6 Å². The van der Waals surface area contributed by atoms with Crippen LogP contribution in [0.3, 0.4) is 0 Å². The number of fused-ring (bicyclic) bond motifs is 1. The molecule has 1 amide bonds. The highest BCUT2D eigenvalue weighted by atomic mass is 35.5. The Bertz CT molecular complexity index is 1050. The Morgan fingerprint density at radius 2 is 1.82 bits per heavy atom. The van der Waals surface area contributed by atoms with E-state index in [0.29, 0.717) is 24.4 Å². The average molecular weight is 418 g/mol. The Kier molecular flexibility index (Phi) is 5.23. The molecule has 1 aliphatic heterocycles. The van der Waals surface area contributed by atoms with Crippen molar-refractivity contribution in [2.45, 2.75) is 30.6 Å². The summed E-state index contributed by atoms with van der Waals surface area (Å²) < 4.78 is 27.6. The lowest BCUT2D eigenvalue weighted by Crippen LogP contribution is -2.29. The maximum atomic E-state index is 12.5. The highest BCUT2D eigenvalue weighted by molar-refractivity contribution is 7.89. The fourth-order valence-electron chi connectivity index (χ4n) is 3.64. The second-order valence-electron chi connectivity index (χ2n) is 7.16. The van der Waals surface area contributed by atoms with Crippen molar-refractivity contribution >= 4 is 33.2 Å². The van der Waals surface area contributed by atoms with Gasteiger partial charge in [0.05, 0.1) is 10.6 Å². The van der Waals surface area contributed by atoms with E-state index in [9.17, 15) is 13.2 Å². The molecule has 0 bridgehead atoms. The number of carbonyl (C=O) groups excluding carboxylic acids is 1. The predicted octanol–water partition coefficient (Wildman–Crippen LogP) is 2.65. The molecule has 1 heterocycles. The summed E-state index contributed by atoms with van der Waals surface area (Å²) in [6, 6.07) is 12.4. The van der Waals surface area contributed by atoms with Gasteiger partial charge in [-0.3, -0.25) is 4.79 Å². The van der Waals surface area contributed by atoms with Gasteiger partial charge in [-0.2, -0.15) is 5.10 Å². The van der Waals surface area contributed by atoms with Crippen molar-refractivity contribution in [1.82, 2.24) is 10.1 Å². The molecule has 2 aliphatic rings. The highest BCUT2D eigenvalue weighted by Crippen LogP contribution is 2.28. The summed E-state index contributed by atoms with van der Waals surface area (Å²) in [6.45, 7) is 0.381. The molecule has 2 aromatic rings. The molecule has 0 spiro atoms. The molecule has 0 saturated heterocycles. The van der Waals surface area contributed by atoms with Crippen LogP contribution in [0.2, 0.25) is 5.02 Å². The van der Waals surface area contributed by atoms with Crippen LogP contribution in [0.25, 0.3) is 0 Å². The molecule has 0 saturated carbocycles. The molecule has 2 N–H and O–H groups in total. The Morgan fingerprint density at radius 1 is 1.07 bits per heavy atom. The molecule has 0 radical (unpaired) electrons. The summed E-state index contributed by atoms with van der Waals surface area (Å²) in [5.74, 6) is 0.151. The van der Waals surface area contributed by atoms with Gasteiger partial charge in [-0.15, -0.1) is 0 Å². The standard InChI is InChI=1S/C20H20ClN3O3S/c21-17-3-5-18(6-4-17)28(26,27)22-12-13-9-14-1-2-15(11-16(14)10-13)19-7-8-20(25)24-23-19/h1-6,11,13,22H,7-10,12H2,(H,24,25). The van der Waals surface area contributed by atoms with Gasteiger partial charge in [0.15, 0.2) is 0 Å². The average Bonchev–Trinajstić information content (AvgIpc) is 3.10. The summed E-state index contributed by atoms with van der Waals surface area (Å²) in [5, 5.41) is 4.65. The molecule has 0 aromatic heterocycles. The first kappa shape index (κ1) is 19.1. The van der Waals surface area contributed by atoms with Crippen LogP contribution in [-0.2, 0) is 27.7 Å². The molecule has 146 valence electrons. The summed E-state index contributed by atoms with van der Waals surface area (Å²) in [5.41, 5.74) is 6.88. The van der Waals surface area contributed by atoms with Crippen LogP contribution in [0.1, 0.15) is 29.5 Å². The first-order valence-electron chi connectivity index (χ1n) is 9.13. The lowest BCUT2D eigenvalue weighted by molar-refractivity contribution is -0.121. The first-order valence-corrected chi connectivity index (χ1v) is 11.0. The van der Waals surface area contributed by atoms with E-state index in [1.807, 2.05) is 6.07 Å². The fraction of sp³-hybridized carbons (Fsp3) is 0.300. The summed E-state index contributed by atoms with van der Waals surface area (Å²) >= 11 is 5.83. The molecule has 1 atom stereocenters. The van der Waals surface area contributed by atoms with E-state index in [1.165, 1.54) is 23.3 Å². The molecular weight excluding hydrogens is 398 g/mol. The zero-order valence-electron chi connectivity index (χ0n) is 15.1. The van der Waals surface area contributed by atoms with Gasteiger partial charge >= 0.3 is 0 Å². The van der Waals surface area contributed by atoms with E-state index >= 15 is 0 Å². The van der Waals surface area contributed by atoms with Crippen LogP contribution < -0.4 is 10.1 Å². The number of rotatable bonds is 5. The van der Waals surface area contributed by atoms with E-state index < -0.39 is 10.0 Å². The van der Waals surface area contributed by atoms with Crippen LogP contribution >= 0.6 is 11.6 Å². The van der Waals surface area contributed by atoms with Crippen LogP contribution in [0.5, 0.6) is 0 Å². The van der Waals surface area contributed by atoms with E-state index in [0.717, 1.165) is 24.1 Å². The van der Waals surface area contributed by atoms with E-state index in [1.54, 1.807) is 12.1 Å². The Hall–Kier alpha value is -2.22. The Morgan fingerprint density at radius 3 is 2.54 bits per heavy atom. The van der Waals surface area contributed by atoms with E-state index in [-0.39, 0.29) is 16.7 Å². The van der Waals surface area contributed by atoms with Crippen molar-refractivity contribution < 1.29 is 13.2 Å². The van der Waals surface area contributed by atoms with Crippen LogP contribution in [0.15, 0.2) is 52.5 Å². The minimum atomic E-state index is -3.55. The summed E-state index contributed by atoms with van der Waals surface area (Å²) in [7, 11) is -3.55. The van der Waals surface area contributed by atoms with Gasteiger partial charge < -0.3 is 0 Å². The minimum Gasteiger partial charge on any atom is -0.273 e. The van der Waals surface area contributed by atoms with Gasteiger partial charge in [-0.1, -0.05) is 23.7 Å². The number of carbonyl (C=O) groups is 1. The normalized spacial score (nSPS) is 19.1. The van der Waals surface area contributed by atoms with Crippen LogP contribution in [-0.4, -0.2) is 26.6 Å². The molecule has 8 heteroatoms. The van der Waals surface area contributed by atoms with Crippen molar-refractivity contribution in [2.75, 3.05) is 6.54 Å². The lowest BCUT2D eigenvalue weighted by atomic mass is 10.00. The van der Waals surface area contributed by atoms with Gasteiger partial charge in [-0.05, 0) is 65.8 Å². The largest absolute Gasteiger partial charge is 0.273 e. The lowest BCUT2D eigenvalue weighted by Gasteiger charge is -2.13. The quantitative estimate of drug-likeness (QED) is 0.783. The molecule has 1 aliphatic carbocycles. The third-order valence-corrected chi connectivity index (χ3v) is 6.84. The zero-order chi connectivity index (χ0) is 19.7. The van der Waals surface area contributed by atoms with Crippen LogP contribution in [0, 0.1) is 5.92 Å².